The summed E-state index contributed by atoms with van der Waals surface area (Å²) in [6.07, 6.45) is 6.01. The number of hydrogen-bond donors (Lipinski definition) is 6. The van der Waals surface area contributed by atoms with Crippen LogP contribution in [0.3, 0.4) is 0 Å². The minimum absolute atomic E-state index is 0.0270. The molecule has 236 valence electrons. The second-order valence-corrected chi connectivity index (χ2v) is 13.1. The third-order valence-electron chi connectivity index (χ3n) is 6.96. The van der Waals surface area contributed by atoms with Crippen LogP contribution in [0.1, 0.15) is 73.1 Å². The van der Waals surface area contributed by atoms with E-state index < -0.39 is 0 Å². The van der Waals surface area contributed by atoms with Crippen molar-refractivity contribution in [3.05, 3.63) is 46.6 Å². The molecule has 0 atom stereocenters. The highest BCUT2D eigenvalue weighted by Crippen LogP contribution is 2.23. The van der Waals surface area contributed by atoms with Crippen molar-refractivity contribution < 1.29 is 9.90 Å². The van der Waals surface area contributed by atoms with Crippen molar-refractivity contribution in [2.45, 2.75) is 78.2 Å². The normalized spacial score (nSPS) is 14.4. The first kappa shape index (κ1) is 35.0. The van der Waals surface area contributed by atoms with E-state index in [4.69, 9.17) is 11.5 Å². The van der Waals surface area contributed by atoms with Crippen LogP contribution in [0, 0.1) is 5.92 Å². The van der Waals surface area contributed by atoms with Crippen molar-refractivity contribution in [3.8, 4) is 5.75 Å². The summed E-state index contributed by atoms with van der Waals surface area (Å²) in [5, 5.41) is 14.7. The summed E-state index contributed by atoms with van der Waals surface area (Å²) in [6, 6.07) is 6.27. The minimum atomic E-state index is -0.330. The van der Waals surface area contributed by atoms with Crippen LogP contribution >= 0.6 is 0 Å². The number of aromatic amines is 1. The molecular weight excluding hydrogens is 532 g/mol. The van der Waals surface area contributed by atoms with Gasteiger partial charge in [-0.15, -0.1) is 0 Å². The van der Waals surface area contributed by atoms with Gasteiger partial charge in [-0.2, -0.15) is 0 Å². The number of aromatic nitrogens is 2. The lowest BCUT2D eigenvalue weighted by Gasteiger charge is -2.35. The van der Waals surface area contributed by atoms with Gasteiger partial charge in [-0.3, -0.25) is 4.79 Å². The number of nitrogens with one attached hydrogen (secondary N) is 3. The molecule has 0 unspecified atom stereocenters. The van der Waals surface area contributed by atoms with Crippen LogP contribution < -0.4 is 32.6 Å². The van der Waals surface area contributed by atoms with Gasteiger partial charge in [0.1, 0.15) is 17.3 Å². The molecule has 1 aromatic heterocycles. The summed E-state index contributed by atoms with van der Waals surface area (Å²) in [5.74, 6) is 1.46. The highest BCUT2D eigenvalue weighted by atomic mass is 16.3. The number of para-hydroxylation sites is 2. The summed E-state index contributed by atoms with van der Waals surface area (Å²) in [6.45, 7) is 18.3. The van der Waals surface area contributed by atoms with Crippen molar-refractivity contribution in [3.63, 3.8) is 0 Å². The van der Waals surface area contributed by atoms with Crippen molar-refractivity contribution in [1.82, 2.24) is 20.2 Å². The van der Waals surface area contributed by atoms with Crippen LogP contribution in [0.5, 0.6) is 5.75 Å². The van der Waals surface area contributed by atoms with Gasteiger partial charge in [-0.1, -0.05) is 32.9 Å². The first-order chi connectivity index (χ1) is 19.7. The van der Waals surface area contributed by atoms with E-state index in [2.05, 4.69) is 51.2 Å². The molecule has 2 amide bonds. The van der Waals surface area contributed by atoms with Gasteiger partial charge in [0.2, 0.25) is 0 Å². The Labute approximate surface area is 251 Å². The highest BCUT2D eigenvalue weighted by Gasteiger charge is 2.24. The van der Waals surface area contributed by atoms with Gasteiger partial charge in [-0.05, 0) is 90.7 Å². The van der Waals surface area contributed by atoms with E-state index in [1.54, 1.807) is 24.4 Å². The van der Waals surface area contributed by atoms with E-state index in [-0.39, 0.29) is 28.3 Å². The number of aromatic hydroxyl groups is 1. The molecular formula is C31H54N8O3. The summed E-state index contributed by atoms with van der Waals surface area (Å²) >= 11 is 0. The zero-order chi connectivity index (χ0) is 31.3. The lowest BCUT2D eigenvalue weighted by molar-refractivity contribution is 0.209. The molecule has 11 nitrogen and oxygen atoms in total. The summed E-state index contributed by atoms with van der Waals surface area (Å²) < 4.78 is 0. The molecule has 1 aromatic carbocycles. The first-order valence-corrected chi connectivity index (χ1v) is 15.1. The lowest BCUT2D eigenvalue weighted by atomic mass is 9.95. The maximum absolute atomic E-state index is 12.5. The molecule has 3 rings (SSSR count). The Morgan fingerprint density at radius 2 is 1.67 bits per heavy atom. The first-order valence-electron chi connectivity index (χ1n) is 15.1. The average Bonchev–Trinajstić information content (AvgIpc) is 2.91. The number of benzene rings is 1. The Hall–Kier alpha value is -3.15. The molecule has 1 aliphatic heterocycles. The second-order valence-electron chi connectivity index (χ2n) is 13.1. The fourth-order valence-corrected chi connectivity index (χ4v) is 4.71. The van der Waals surface area contributed by atoms with Crippen LogP contribution in [0.2, 0.25) is 0 Å². The Morgan fingerprint density at radius 3 is 2.17 bits per heavy atom. The van der Waals surface area contributed by atoms with Crippen molar-refractivity contribution in [2.24, 2.45) is 17.4 Å². The number of carbonyl (C=O) groups is 1. The van der Waals surface area contributed by atoms with Crippen molar-refractivity contribution >= 4 is 17.4 Å². The molecule has 0 saturated carbocycles. The number of rotatable bonds is 10. The Kier molecular flexibility index (Phi) is 13.8. The van der Waals surface area contributed by atoms with Gasteiger partial charge in [0, 0.05) is 30.6 Å². The summed E-state index contributed by atoms with van der Waals surface area (Å²) in [4.78, 5) is 36.1. The molecule has 0 aliphatic carbocycles. The monoisotopic (exact) mass is 586 g/mol. The van der Waals surface area contributed by atoms with Gasteiger partial charge in [0.25, 0.3) is 5.56 Å². The van der Waals surface area contributed by atoms with Crippen molar-refractivity contribution in [1.29, 1.82) is 0 Å². The lowest BCUT2D eigenvalue weighted by Crippen LogP contribution is -2.43. The zero-order valence-electron chi connectivity index (χ0n) is 26.5. The van der Waals surface area contributed by atoms with Gasteiger partial charge in [0.15, 0.2) is 0 Å². The topological polar surface area (TPSA) is 166 Å². The number of phenolic OH excluding ortho intramolecular Hbond substituents is 1. The number of piperidine rings is 1. The third kappa shape index (κ3) is 12.4. The number of phenols is 1. The summed E-state index contributed by atoms with van der Waals surface area (Å²) in [7, 11) is 0. The molecule has 2 aromatic rings. The van der Waals surface area contributed by atoms with Gasteiger partial charge >= 0.3 is 6.03 Å². The largest absolute Gasteiger partial charge is 0.506 e. The van der Waals surface area contributed by atoms with E-state index in [9.17, 15) is 14.7 Å². The fourth-order valence-electron chi connectivity index (χ4n) is 4.71. The van der Waals surface area contributed by atoms with E-state index >= 15 is 0 Å². The number of H-pyrrole nitrogens is 1. The molecule has 1 aliphatic rings. The third-order valence-corrected chi connectivity index (χ3v) is 6.96. The van der Waals surface area contributed by atoms with Gasteiger partial charge in [-0.25, -0.2) is 9.78 Å². The number of amides is 2. The number of carbonyl (C=O) groups excluding carboxylic acids is 1. The molecule has 11 heteroatoms. The van der Waals surface area contributed by atoms with E-state index in [1.807, 2.05) is 20.8 Å². The Bertz CT molecular complexity index is 1140. The van der Waals surface area contributed by atoms with Crippen LogP contribution in [-0.2, 0) is 5.41 Å². The molecule has 1 fully saturated rings. The molecule has 0 radical (unpaired) electrons. The van der Waals surface area contributed by atoms with Crippen molar-refractivity contribution in [2.75, 3.05) is 56.0 Å². The van der Waals surface area contributed by atoms with E-state index in [0.29, 0.717) is 17.3 Å². The van der Waals surface area contributed by atoms with Crippen LogP contribution in [0.25, 0.3) is 0 Å². The molecule has 1 saturated heterocycles. The second kappa shape index (κ2) is 16.5. The van der Waals surface area contributed by atoms with E-state index in [1.165, 1.54) is 6.07 Å². The molecule has 42 heavy (non-hydrogen) atoms. The maximum atomic E-state index is 12.5. The zero-order valence-corrected chi connectivity index (χ0v) is 26.5. The SMILES string of the molecule is CC(C)(C)NC(=O)Nc1ccccc1O.CC(C)(C)c1ncc(N2CCC(CN(CCCN)CCCN)CC2)c(=O)[nH]1. The van der Waals surface area contributed by atoms with Gasteiger partial charge < -0.3 is 42.0 Å². The Balaban J connectivity index is 0.000000347. The minimum Gasteiger partial charge on any atom is -0.506 e. The number of anilines is 2. The predicted octanol–water partition coefficient (Wildman–Crippen LogP) is 3.60. The number of urea groups is 1. The smallest absolute Gasteiger partial charge is 0.319 e. The Morgan fingerprint density at radius 1 is 1.07 bits per heavy atom. The molecule has 2 heterocycles. The standard InChI is InChI=1S/C20H38N6O.C11H16N2O2/c1-20(2,3)19-23-14-17(18(27)24-19)26-12-6-16(7-13-26)15-25(10-4-8-21)11-5-9-22;1-11(2,3)13-10(15)12-8-6-4-5-7-9(8)14/h14,16H,4-13,15,21-22H2,1-3H3,(H,23,24,27);4-7,14H,1-3H3,(H2,12,13,15). The molecule has 8 N–H and O–H groups in total. The van der Waals surface area contributed by atoms with Crippen LogP contribution in [0.15, 0.2) is 35.3 Å². The predicted molar refractivity (Wildman–Crippen MR) is 172 cm³/mol. The quantitative estimate of drug-likeness (QED) is 0.230. The number of nitrogens with two attached hydrogens (primary N) is 2. The number of nitrogens with zero attached hydrogens (tertiary/aromatic N) is 3. The summed E-state index contributed by atoms with van der Waals surface area (Å²) in [5.41, 5.74) is 12.0. The average molecular weight is 587 g/mol. The molecule has 0 spiro atoms. The van der Waals surface area contributed by atoms with Crippen LogP contribution in [-0.4, -0.2) is 77.4 Å². The van der Waals surface area contributed by atoms with Gasteiger partial charge in [0.05, 0.1) is 11.9 Å². The fraction of sp³-hybridized carbons (Fsp3) is 0.645. The molecule has 0 bridgehead atoms. The number of hydrogen-bond acceptors (Lipinski definition) is 8. The van der Waals surface area contributed by atoms with E-state index in [0.717, 1.165) is 77.3 Å². The maximum Gasteiger partial charge on any atom is 0.319 e. The van der Waals surface area contributed by atoms with Crippen LogP contribution in [0.4, 0.5) is 16.2 Å². The highest BCUT2D eigenvalue weighted by molar-refractivity contribution is 5.91.